The van der Waals surface area contributed by atoms with Gasteiger partial charge in [0.2, 0.25) is 11.8 Å². The van der Waals surface area contributed by atoms with Crippen LogP contribution >= 0.6 is 0 Å². The number of hydrogen-bond donors (Lipinski definition) is 3. The Bertz CT molecular complexity index is 1130. The molecule has 232 valence electrons. The fourth-order valence-corrected chi connectivity index (χ4v) is 6.21. The van der Waals surface area contributed by atoms with Crippen molar-refractivity contribution in [3.8, 4) is 0 Å². The summed E-state index contributed by atoms with van der Waals surface area (Å²) in [5.41, 5.74) is 2.25. The maximum Gasteiger partial charge on any atom is 0.223 e. The van der Waals surface area contributed by atoms with Gasteiger partial charge in [-0.1, -0.05) is 57.9 Å². The topological polar surface area (TPSA) is 81.7 Å². The van der Waals surface area contributed by atoms with Crippen LogP contribution in [0.4, 0.5) is 8.78 Å². The molecule has 0 spiro atoms. The van der Waals surface area contributed by atoms with Crippen LogP contribution < -0.4 is 10.6 Å². The summed E-state index contributed by atoms with van der Waals surface area (Å²) in [6.07, 6.45) is 5.84. The van der Waals surface area contributed by atoms with Gasteiger partial charge in [-0.25, -0.2) is 8.78 Å². The van der Waals surface area contributed by atoms with Gasteiger partial charge >= 0.3 is 0 Å². The number of carbonyl (C=O) groups excluding carboxylic acids is 2. The molecule has 2 aromatic rings. The lowest BCUT2D eigenvalue weighted by molar-refractivity contribution is -0.135. The highest BCUT2D eigenvalue weighted by Crippen LogP contribution is 2.44. The molecule has 3 rings (SSSR count). The first-order valence-corrected chi connectivity index (χ1v) is 15.7. The molecule has 6 nitrogen and oxygen atoms in total. The molecule has 8 heteroatoms. The SMILES string of the molecule is CCCN(CCC)C(=O)CC1(CC(=O)N[C@H](Cc2cc(F)cc(F)c2)[C@@H](O)CNCc2cccc(CC)c2)CCCC1. The minimum absolute atomic E-state index is 0.0707. The quantitative estimate of drug-likeness (QED) is 0.223. The summed E-state index contributed by atoms with van der Waals surface area (Å²) in [5, 5.41) is 17.4. The van der Waals surface area contributed by atoms with Crippen LogP contribution in [0.25, 0.3) is 0 Å². The lowest BCUT2D eigenvalue weighted by atomic mass is 9.78. The van der Waals surface area contributed by atoms with Gasteiger partial charge in [0.25, 0.3) is 0 Å². The van der Waals surface area contributed by atoms with Gasteiger partial charge in [-0.3, -0.25) is 9.59 Å². The molecule has 0 aliphatic heterocycles. The summed E-state index contributed by atoms with van der Waals surface area (Å²) < 4.78 is 27.9. The maximum atomic E-state index is 14.0. The van der Waals surface area contributed by atoms with E-state index in [4.69, 9.17) is 0 Å². The molecule has 2 amide bonds. The number of nitrogens with zero attached hydrogens (tertiary/aromatic N) is 1. The van der Waals surface area contributed by atoms with Gasteiger partial charge in [-0.2, -0.15) is 0 Å². The Balaban J connectivity index is 1.70. The zero-order valence-electron chi connectivity index (χ0n) is 25.6. The van der Waals surface area contributed by atoms with E-state index in [1.54, 1.807) is 0 Å². The smallest absolute Gasteiger partial charge is 0.223 e. The third-order valence-electron chi connectivity index (χ3n) is 8.34. The Morgan fingerprint density at radius 1 is 0.929 bits per heavy atom. The third-order valence-corrected chi connectivity index (χ3v) is 8.34. The van der Waals surface area contributed by atoms with Gasteiger partial charge in [0.15, 0.2) is 0 Å². The van der Waals surface area contributed by atoms with Crippen LogP contribution in [0, 0.1) is 17.0 Å². The summed E-state index contributed by atoms with van der Waals surface area (Å²) in [5.74, 6) is -1.56. The molecule has 42 heavy (non-hydrogen) atoms. The second kappa shape index (κ2) is 16.7. The Morgan fingerprint density at radius 2 is 1.57 bits per heavy atom. The third kappa shape index (κ3) is 10.5. The molecule has 3 N–H and O–H groups in total. The van der Waals surface area contributed by atoms with Crippen molar-refractivity contribution in [1.82, 2.24) is 15.5 Å². The molecule has 1 fully saturated rings. The van der Waals surface area contributed by atoms with E-state index in [0.29, 0.717) is 31.6 Å². The number of aryl methyl sites for hydroxylation is 1. The molecule has 0 unspecified atom stereocenters. The normalized spacial score (nSPS) is 15.8. The number of nitrogens with one attached hydrogen (secondary N) is 2. The average molecular weight is 586 g/mol. The minimum atomic E-state index is -1.000. The lowest BCUT2D eigenvalue weighted by Gasteiger charge is -2.32. The van der Waals surface area contributed by atoms with Crippen LogP contribution in [0.15, 0.2) is 42.5 Å². The Morgan fingerprint density at radius 3 is 2.19 bits per heavy atom. The second-order valence-corrected chi connectivity index (χ2v) is 12.0. The first kappa shape index (κ1) is 33.7. The summed E-state index contributed by atoms with van der Waals surface area (Å²) >= 11 is 0. The molecule has 2 aromatic carbocycles. The van der Waals surface area contributed by atoms with Gasteiger partial charge in [-0.05, 0) is 72.8 Å². The molecule has 0 aromatic heterocycles. The maximum absolute atomic E-state index is 14.0. The van der Waals surface area contributed by atoms with Crippen molar-refractivity contribution in [3.63, 3.8) is 0 Å². The standard InChI is InChI=1S/C34H49F2N3O3/c1-4-14-39(15-5-2)33(42)22-34(12-7-8-13-34)21-32(41)38-30(19-27-17-28(35)20-29(36)18-27)31(40)24-37-23-26-11-9-10-25(6-3)16-26/h9-11,16-18,20,30-31,37,40H,4-8,12-15,19,21-24H2,1-3H3,(H,38,41)/t30-,31+/m1/s1. The van der Waals surface area contributed by atoms with Crippen LogP contribution in [-0.2, 0) is 29.0 Å². The molecule has 0 radical (unpaired) electrons. The highest BCUT2D eigenvalue weighted by Gasteiger charge is 2.39. The van der Waals surface area contributed by atoms with Gasteiger partial charge in [0.1, 0.15) is 11.6 Å². The lowest BCUT2D eigenvalue weighted by Crippen LogP contribution is -2.49. The summed E-state index contributed by atoms with van der Waals surface area (Å²) in [4.78, 5) is 28.7. The molecular formula is C34H49F2N3O3. The second-order valence-electron chi connectivity index (χ2n) is 12.0. The predicted molar refractivity (Wildman–Crippen MR) is 163 cm³/mol. The molecule has 1 saturated carbocycles. The number of aliphatic hydroxyl groups is 1. The monoisotopic (exact) mass is 585 g/mol. The molecule has 0 heterocycles. The number of hydrogen-bond acceptors (Lipinski definition) is 4. The first-order valence-electron chi connectivity index (χ1n) is 15.7. The van der Waals surface area contributed by atoms with Gasteiger partial charge in [0.05, 0.1) is 12.1 Å². The van der Waals surface area contributed by atoms with Gasteiger partial charge in [0, 0.05) is 45.1 Å². The highest BCUT2D eigenvalue weighted by atomic mass is 19.1. The van der Waals surface area contributed by atoms with Crippen LogP contribution in [0.2, 0.25) is 0 Å². The zero-order valence-corrected chi connectivity index (χ0v) is 25.6. The van der Waals surface area contributed by atoms with Crippen LogP contribution in [0.5, 0.6) is 0 Å². The molecule has 0 saturated heterocycles. The summed E-state index contributed by atoms with van der Waals surface area (Å²) in [6, 6.07) is 10.7. The van der Waals surface area contributed by atoms with E-state index in [2.05, 4.69) is 43.5 Å². The fraction of sp³-hybridized carbons (Fsp3) is 0.588. The largest absolute Gasteiger partial charge is 0.390 e. The van der Waals surface area contributed by atoms with Crippen LogP contribution in [-0.4, -0.2) is 53.6 Å². The van der Waals surface area contributed by atoms with E-state index >= 15 is 0 Å². The van der Waals surface area contributed by atoms with E-state index in [-0.39, 0.29) is 31.2 Å². The Kier molecular flexibility index (Phi) is 13.4. The first-order chi connectivity index (χ1) is 20.2. The average Bonchev–Trinajstić information content (AvgIpc) is 3.39. The van der Waals surface area contributed by atoms with Crippen molar-refractivity contribution in [2.75, 3.05) is 19.6 Å². The molecule has 1 aliphatic rings. The Hall–Kier alpha value is -2.84. The molecule has 0 bridgehead atoms. The van der Waals surface area contributed by atoms with Crippen molar-refractivity contribution >= 4 is 11.8 Å². The van der Waals surface area contributed by atoms with E-state index < -0.39 is 29.2 Å². The van der Waals surface area contributed by atoms with Crippen LogP contribution in [0.3, 0.4) is 0 Å². The molecule has 2 atom stereocenters. The minimum Gasteiger partial charge on any atom is -0.390 e. The summed E-state index contributed by atoms with van der Waals surface area (Å²) in [7, 11) is 0. The van der Waals surface area contributed by atoms with Crippen molar-refractivity contribution in [3.05, 3.63) is 70.8 Å². The highest BCUT2D eigenvalue weighted by molar-refractivity contribution is 5.80. The van der Waals surface area contributed by atoms with Crippen molar-refractivity contribution < 1.29 is 23.5 Å². The number of halogens is 2. The molecule has 1 aliphatic carbocycles. The van der Waals surface area contributed by atoms with E-state index in [1.165, 1.54) is 17.7 Å². The van der Waals surface area contributed by atoms with Gasteiger partial charge in [-0.15, -0.1) is 0 Å². The number of amides is 2. The van der Waals surface area contributed by atoms with Gasteiger partial charge < -0.3 is 20.6 Å². The Labute approximate surface area is 250 Å². The number of carbonyl (C=O) groups is 2. The predicted octanol–water partition coefficient (Wildman–Crippen LogP) is 5.69. The van der Waals surface area contributed by atoms with Crippen molar-refractivity contribution in [2.24, 2.45) is 5.41 Å². The van der Waals surface area contributed by atoms with Crippen LogP contribution in [0.1, 0.15) is 88.8 Å². The number of benzene rings is 2. The van der Waals surface area contributed by atoms with E-state index in [0.717, 1.165) is 56.6 Å². The van der Waals surface area contributed by atoms with E-state index in [9.17, 15) is 23.5 Å². The summed E-state index contributed by atoms with van der Waals surface area (Å²) in [6.45, 7) is 8.36. The zero-order chi connectivity index (χ0) is 30.5. The number of aliphatic hydroxyl groups excluding tert-OH is 1. The van der Waals surface area contributed by atoms with Crippen molar-refractivity contribution in [1.29, 1.82) is 0 Å². The number of rotatable bonds is 17. The molecular weight excluding hydrogens is 536 g/mol. The van der Waals surface area contributed by atoms with E-state index in [1.807, 2.05) is 17.0 Å². The van der Waals surface area contributed by atoms with Crippen molar-refractivity contribution in [2.45, 2.75) is 104 Å². The fourth-order valence-electron chi connectivity index (χ4n) is 6.21.